The molecule has 0 radical (unpaired) electrons. The Bertz CT molecular complexity index is 727. The second-order valence-corrected chi connectivity index (χ2v) is 9.11. The van der Waals surface area contributed by atoms with Gasteiger partial charge in [0.25, 0.3) is 0 Å². The van der Waals surface area contributed by atoms with E-state index in [1.165, 1.54) is 4.90 Å². The average molecular weight is 419 g/mol. The number of likely N-dealkylation sites (tertiary alicyclic amines) is 1. The van der Waals surface area contributed by atoms with Gasteiger partial charge in [-0.15, -0.1) is 0 Å². The molecule has 2 amide bonds. The molecule has 0 unspecified atom stereocenters. The molecule has 1 aromatic rings. The van der Waals surface area contributed by atoms with Crippen LogP contribution >= 0.6 is 0 Å². The van der Waals surface area contributed by atoms with Crippen LogP contribution in [-0.4, -0.2) is 47.1 Å². The van der Waals surface area contributed by atoms with Crippen LogP contribution in [0.4, 0.5) is 4.79 Å². The molecule has 7 heteroatoms. The fraction of sp³-hybridized carbons (Fsp3) is 0.609. The van der Waals surface area contributed by atoms with Crippen LogP contribution in [0, 0.1) is 5.92 Å². The standard InChI is InChI=1S/C23H34N2O5/c1-16(2)14-18(24-22(28)30-23(3,4)5)20(26)25-13-9-12-19(25)21(27)29-15-17-10-7-6-8-11-17/h6-8,10-11,16,18-19H,9,12-15H2,1-5H3,(H,24,28)/t18-,19+/m0/s1. The van der Waals surface area contributed by atoms with Crippen molar-refractivity contribution in [2.45, 2.75) is 78.2 Å². The van der Waals surface area contributed by atoms with Gasteiger partial charge in [0.05, 0.1) is 0 Å². The van der Waals surface area contributed by atoms with E-state index in [9.17, 15) is 14.4 Å². The van der Waals surface area contributed by atoms with Crippen molar-refractivity contribution in [2.75, 3.05) is 6.54 Å². The fourth-order valence-electron chi connectivity index (χ4n) is 3.44. The molecule has 1 N–H and O–H groups in total. The summed E-state index contributed by atoms with van der Waals surface area (Å²) in [6.07, 6.45) is 1.10. The maximum atomic E-state index is 13.2. The first-order valence-electron chi connectivity index (χ1n) is 10.6. The molecule has 0 aliphatic carbocycles. The molecule has 0 spiro atoms. The molecule has 1 aromatic carbocycles. The first-order chi connectivity index (χ1) is 14.1. The van der Waals surface area contributed by atoms with Crippen LogP contribution < -0.4 is 5.32 Å². The zero-order chi connectivity index (χ0) is 22.3. The third kappa shape index (κ3) is 7.35. The highest BCUT2D eigenvalue weighted by atomic mass is 16.6. The molecular formula is C23H34N2O5. The molecule has 0 saturated carbocycles. The predicted octanol–water partition coefficient (Wildman–Crippen LogP) is 3.66. The highest BCUT2D eigenvalue weighted by Crippen LogP contribution is 2.22. The third-order valence-electron chi connectivity index (χ3n) is 4.73. The molecule has 0 bridgehead atoms. The Hall–Kier alpha value is -2.57. The molecule has 0 aromatic heterocycles. The predicted molar refractivity (Wildman–Crippen MR) is 114 cm³/mol. The molecular weight excluding hydrogens is 384 g/mol. The maximum absolute atomic E-state index is 13.2. The van der Waals surface area contributed by atoms with Crippen LogP contribution in [0.1, 0.15) is 59.4 Å². The summed E-state index contributed by atoms with van der Waals surface area (Å²) in [5.74, 6) is -0.501. The summed E-state index contributed by atoms with van der Waals surface area (Å²) in [6, 6.07) is 8.05. The Morgan fingerprint density at radius 3 is 2.43 bits per heavy atom. The summed E-state index contributed by atoms with van der Waals surface area (Å²) >= 11 is 0. The second kappa shape index (κ2) is 10.5. The van der Waals surface area contributed by atoms with Gasteiger partial charge >= 0.3 is 12.1 Å². The number of nitrogens with one attached hydrogen (secondary N) is 1. The Morgan fingerprint density at radius 1 is 1.17 bits per heavy atom. The number of esters is 1. The quantitative estimate of drug-likeness (QED) is 0.683. The van der Waals surface area contributed by atoms with Crippen LogP contribution in [0.5, 0.6) is 0 Å². The number of alkyl carbamates (subject to hydrolysis) is 1. The Kier molecular flexibility index (Phi) is 8.26. The minimum Gasteiger partial charge on any atom is -0.459 e. The number of ether oxygens (including phenoxy) is 2. The Balaban J connectivity index is 2.03. The molecule has 2 rings (SSSR count). The summed E-state index contributed by atoms with van der Waals surface area (Å²) < 4.78 is 10.8. The van der Waals surface area contributed by atoms with Crippen LogP contribution in [0.3, 0.4) is 0 Å². The number of amides is 2. The van der Waals surface area contributed by atoms with E-state index < -0.39 is 29.7 Å². The number of nitrogens with zero attached hydrogens (tertiary/aromatic N) is 1. The van der Waals surface area contributed by atoms with E-state index in [4.69, 9.17) is 9.47 Å². The highest BCUT2D eigenvalue weighted by molar-refractivity contribution is 5.90. The Labute approximate surface area is 179 Å². The minimum absolute atomic E-state index is 0.170. The number of rotatable bonds is 7. The minimum atomic E-state index is -0.748. The smallest absolute Gasteiger partial charge is 0.408 e. The number of hydrogen-bond acceptors (Lipinski definition) is 5. The normalized spacial score (nSPS) is 17.5. The average Bonchev–Trinajstić information content (AvgIpc) is 3.13. The van der Waals surface area contributed by atoms with Gasteiger partial charge in [-0.1, -0.05) is 44.2 Å². The van der Waals surface area contributed by atoms with E-state index in [1.807, 2.05) is 44.2 Å². The van der Waals surface area contributed by atoms with Crippen molar-refractivity contribution in [3.8, 4) is 0 Å². The van der Waals surface area contributed by atoms with Crippen molar-refractivity contribution >= 4 is 18.0 Å². The van der Waals surface area contributed by atoms with Gasteiger partial charge in [0, 0.05) is 6.54 Å². The van der Waals surface area contributed by atoms with Gasteiger partial charge in [0.1, 0.15) is 24.3 Å². The van der Waals surface area contributed by atoms with Crippen LogP contribution in [0.15, 0.2) is 30.3 Å². The fourth-order valence-corrected chi connectivity index (χ4v) is 3.44. The van der Waals surface area contributed by atoms with Gasteiger partial charge in [-0.3, -0.25) is 4.79 Å². The molecule has 1 aliphatic heterocycles. The van der Waals surface area contributed by atoms with Crippen molar-refractivity contribution in [3.05, 3.63) is 35.9 Å². The monoisotopic (exact) mass is 418 g/mol. The van der Waals surface area contributed by atoms with Gasteiger partial charge in [0.2, 0.25) is 5.91 Å². The lowest BCUT2D eigenvalue weighted by Crippen LogP contribution is -2.53. The lowest BCUT2D eigenvalue weighted by molar-refractivity contribution is -0.155. The first kappa shape index (κ1) is 23.7. The lowest BCUT2D eigenvalue weighted by atomic mass is 10.0. The van der Waals surface area contributed by atoms with Crippen LogP contribution in [-0.2, 0) is 25.7 Å². The summed E-state index contributed by atoms with van der Waals surface area (Å²) in [7, 11) is 0. The number of benzene rings is 1. The van der Waals surface area contributed by atoms with Crippen LogP contribution in [0.25, 0.3) is 0 Å². The molecule has 166 valence electrons. The maximum Gasteiger partial charge on any atom is 0.408 e. The first-order valence-corrected chi connectivity index (χ1v) is 10.6. The van der Waals surface area contributed by atoms with E-state index in [1.54, 1.807) is 20.8 Å². The third-order valence-corrected chi connectivity index (χ3v) is 4.73. The second-order valence-electron chi connectivity index (χ2n) is 9.11. The molecule has 1 aliphatic rings. The van der Waals surface area contributed by atoms with Crippen LogP contribution in [0.2, 0.25) is 0 Å². The van der Waals surface area contributed by atoms with Gasteiger partial charge in [-0.25, -0.2) is 9.59 Å². The van der Waals surface area contributed by atoms with Crippen molar-refractivity contribution in [1.82, 2.24) is 10.2 Å². The van der Waals surface area contributed by atoms with E-state index in [0.717, 1.165) is 12.0 Å². The molecule has 7 nitrogen and oxygen atoms in total. The molecule has 1 heterocycles. The summed E-state index contributed by atoms with van der Waals surface area (Å²) in [4.78, 5) is 39.7. The van der Waals surface area contributed by atoms with Crippen molar-refractivity contribution in [3.63, 3.8) is 0 Å². The topological polar surface area (TPSA) is 84.9 Å². The molecule has 2 atom stereocenters. The largest absolute Gasteiger partial charge is 0.459 e. The number of carbonyl (C=O) groups is 3. The van der Waals surface area contributed by atoms with Gasteiger partial charge < -0.3 is 19.7 Å². The van der Waals surface area contributed by atoms with Crippen molar-refractivity contribution < 1.29 is 23.9 Å². The zero-order valence-corrected chi connectivity index (χ0v) is 18.6. The summed E-state index contributed by atoms with van der Waals surface area (Å²) in [5.41, 5.74) is 0.235. The Morgan fingerprint density at radius 2 is 1.83 bits per heavy atom. The van der Waals surface area contributed by atoms with E-state index in [-0.39, 0.29) is 18.4 Å². The van der Waals surface area contributed by atoms with Crippen molar-refractivity contribution in [2.24, 2.45) is 5.92 Å². The summed E-state index contributed by atoms with van der Waals surface area (Å²) in [6.45, 7) is 9.90. The summed E-state index contributed by atoms with van der Waals surface area (Å²) in [5, 5.41) is 2.69. The highest BCUT2D eigenvalue weighted by Gasteiger charge is 2.39. The molecule has 1 fully saturated rings. The zero-order valence-electron chi connectivity index (χ0n) is 18.6. The van der Waals surface area contributed by atoms with E-state index >= 15 is 0 Å². The van der Waals surface area contributed by atoms with E-state index in [0.29, 0.717) is 19.4 Å². The lowest BCUT2D eigenvalue weighted by Gasteiger charge is -2.29. The number of carbonyl (C=O) groups excluding carboxylic acids is 3. The van der Waals surface area contributed by atoms with Crippen molar-refractivity contribution in [1.29, 1.82) is 0 Å². The SMILES string of the molecule is CC(C)C[C@H](NC(=O)OC(C)(C)C)C(=O)N1CCC[C@@H]1C(=O)OCc1ccccc1. The van der Waals surface area contributed by atoms with Gasteiger partial charge in [0.15, 0.2) is 0 Å². The molecule has 1 saturated heterocycles. The van der Waals surface area contributed by atoms with Gasteiger partial charge in [-0.2, -0.15) is 0 Å². The van der Waals surface area contributed by atoms with Gasteiger partial charge in [-0.05, 0) is 51.5 Å². The molecule has 30 heavy (non-hydrogen) atoms. The van der Waals surface area contributed by atoms with E-state index in [2.05, 4.69) is 5.32 Å². The number of hydrogen-bond donors (Lipinski definition) is 1.